The highest BCUT2D eigenvalue weighted by molar-refractivity contribution is 5.90. The molecular weight excluding hydrogens is 1770 g/mol. The number of halogens is 3. The van der Waals surface area contributed by atoms with Crippen LogP contribution in [0, 0.1) is 17.5 Å². The van der Waals surface area contributed by atoms with Crippen molar-refractivity contribution in [1.82, 2.24) is 98.6 Å². The van der Waals surface area contributed by atoms with E-state index in [2.05, 4.69) is 65.7 Å². The number of piperazine rings is 4. The minimum absolute atomic E-state index is 0.0106. The molecule has 8 aromatic heterocycles. The molecule has 0 N–H and O–H groups in total. The molecule has 139 heavy (non-hydrogen) atoms. The largest absolute Gasteiger partial charge is 0.497 e. The smallest absolute Gasteiger partial charge is 0.337 e. The van der Waals surface area contributed by atoms with Gasteiger partial charge in [0.2, 0.25) is 47.4 Å². The van der Waals surface area contributed by atoms with Crippen LogP contribution in [0.1, 0.15) is 54.1 Å². The van der Waals surface area contributed by atoms with Crippen LogP contribution in [-0.4, -0.2) is 254 Å². The van der Waals surface area contributed by atoms with E-state index < -0.39 is 11.6 Å². The van der Waals surface area contributed by atoms with E-state index in [1.807, 2.05) is 127 Å². The first-order valence-corrected chi connectivity index (χ1v) is 46.3. The lowest BCUT2D eigenvalue weighted by atomic mass is 9.87. The van der Waals surface area contributed by atoms with Gasteiger partial charge in [-0.05, 0) is 176 Å². The lowest BCUT2D eigenvalue weighted by Gasteiger charge is -2.34. The van der Waals surface area contributed by atoms with E-state index in [0.29, 0.717) is 163 Å². The Balaban J connectivity index is 0.000000128. The van der Waals surface area contributed by atoms with Crippen LogP contribution in [-0.2, 0) is 50.1 Å². The normalized spacial score (nSPS) is 14.5. The van der Waals surface area contributed by atoms with Crippen molar-refractivity contribution in [1.29, 1.82) is 0 Å². The Morgan fingerprint density at radius 2 is 0.626 bits per heavy atom. The highest BCUT2D eigenvalue weighted by atomic mass is 19.1. The van der Waals surface area contributed by atoms with Gasteiger partial charge in [0.1, 0.15) is 55.1 Å². The van der Waals surface area contributed by atoms with Gasteiger partial charge in [-0.15, -0.1) is 0 Å². The number of aromatic nitrogens is 16. The molecule has 7 aromatic carbocycles. The number of amides is 4. The Labute approximate surface area is 802 Å². The molecule has 35 heteroatoms. The minimum atomic E-state index is -0.437. The zero-order valence-electron chi connectivity index (χ0n) is 77.4. The van der Waals surface area contributed by atoms with Gasteiger partial charge in [0.15, 0.2) is 0 Å². The van der Waals surface area contributed by atoms with E-state index in [-0.39, 0.29) is 61.6 Å². The number of esters is 1. The molecule has 0 bridgehead atoms. The number of rotatable bonds is 23. The monoisotopic (exact) mass is 1870 g/mol. The number of carbonyl (C=O) groups is 5. The Morgan fingerprint density at radius 1 is 0.309 bits per heavy atom. The molecule has 5 fully saturated rings. The molecule has 32 nitrogen and oxygen atoms in total. The van der Waals surface area contributed by atoms with Crippen molar-refractivity contribution < 1.29 is 51.4 Å². The average molecular weight is 1880 g/mol. The first kappa shape index (κ1) is 94.4. The number of carbonyl (C=O) groups excluding carboxylic acids is 5. The van der Waals surface area contributed by atoms with E-state index in [9.17, 15) is 37.1 Å². The Hall–Kier alpha value is -16.4. The topological polar surface area (TPSA) is 313 Å². The zero-order chi connectivity index (χ0) is 95.9. The van der Waals surface area contributed by atoms with Crippen LogP contribution in [0.2, 0.25) is 0 Å². The van der Waals surface area contributed by atoms with Crippen LogP contribution in [0.5, 0.6) is 11.5 Å². The maximum absolute atomic E-state index is 14.6. The van der Waals surface area contributed by atoms with Crippen molar-refractivity contribution in [3.8, 4) is 90.3 Å². The maximum Gasteiger partial charge on any atom is 0.337 e. The van der Waals surface area contributed by atoms with Gasteiger partial charge in [0, 0.05) is 194 Å². The van der Waals surface area contributed by atoms with Crippen molar-refractivity contribution in [2.45, 2.75) is 64.2 Å². The number of anilines is 4. The van der Waals surface area contributed by atoms with E-state index >= 15 is 0 Å². The predicted molar refractivity (Wildman–Crippen MR) is 520 cm³/mol. The predicted octanol–water partition coefficient (Wildman–Crippen LogP) is 14.0. The molecule has 5 aliphatic rings. The van der Waals surface area contributed by atoms with Gasteiger partial charge in [-0.2, -0.15) is 20.4 Å². The minimum Gasteiger partial charge on any atom is -0.497 e. The fraction of sp³-hybridized carbons (Fsp3) is 0.279. The lowest BCUT2D eigenvalue weighted by molar-refractivity contribution is -0.133. The Bertz CT molecular complexity index is 6590. The molecular formula is C104H105F3N24O8. The quantitative estimate of drug-likeness (QED) is 0.0537. The SMILES string of the molecule is COC(=O)c1ccc(-c2cc(-c3ccccc3)n(CC(=O)N3CCN(c4ncccn4)CC3)n2)cc1.COc1ccc(-c2cc(-c3ccc(OC)cc3)n(CC(=O)N3CCN(c4ncccn4)CC3)n2)cc1.O=C(Cn1nc(-c2ccccc2F)cc1-c1ccccc1F)N1CCN(c2ncccn2)CC1.O=C(Cn1nc(C2CCCCC2)cc1-c1ccc(F)cc1)N1CCN(c2ncccn2)CC1. The molecule has 12 heterocycles. The Kier molecular flexibility index (Phi) is 30.8. The number of ether oxygens (including phenoxy) is 3. The van der Waals surface area contributed by atoms with Crippen LogP contribution in [0.3, 0.4) is 0 Å². The second kappa shape index (κ2) is 45.3. The highest BCUT2D eigenvalue weighted by Crippen LogP contribution is 2.37. The number of hydrogen-bond acceptors (Lipinski definition) is 24. The second-order valence-electron chi connectivity index (χ2n) is 33.7. The van der Waals surface area contributed by atoms with Crippen molar-refractivity contribution in [3.63, 3.8) is 0 Å². The van der Waals surface area contributed by atoms with Crippen LogP contribution in [0.4, 0.5) is 37.0 Å². The van der Waals surface area contributed by atoms with Crippen molar-refractivity contribution in [2.75, 3.05) is 146 Å². The van der Waals surface area contributed by atoms with Crippen molar-refractivity contribution in [3.05, 3.63) is 303 Å². The maximum atomic E-state index is 14.6. The van der Waals surface area contributed by atoms with Gasteiger partial charge >= 0.3 is 5.97 Å². The lowest BCUT2D eigenvalue weighted by Crippen LogP contribution is -2.50. The molecule has 0 radical (unpaired) electrons. The van der Waals surface area contributed by atoms with Gasteiger partial charge in [-0.3, -0.25) is 37.9 Å². The first-order valence-electron chi connectivity index (χ1n) is 46.3. The van der Waals surface area contributed by atoms with Crippen molar-refractivity contribution in [2.24, 2.45) is 0 Å². The first-order chi connectivity index (χ1) is 68.0. The van der Waals surface area contributed by atoms with Gasteiger partial charge in [0.05, 0.1) is 72.4 Å². The van der Waals surface area contributed by atoms with E-state index in [0.717, 1.165) is 86.3 Å². The zero-order valence-corrected chi connectivity index (χ0v) is 77.4. The van der Waals surface area contributed by atoms with Crippen LogP contribution in [0.15, 0.2) is 274 Å². The summed E-state index contributed by atoms with van der Waals surface area (Å²) in [6.07, 6.45) is 19.8. The molecule has 710 valence electrons. The molecule has 0 spiro atoms. The summed E-state index contributed by atoms with van der Waals surface area (Å²) in [6, 6.07) is 66.3. The summed E-state index contributed by atoms with van der Waals surface area (Å²) < 4.78 is 64.7. The highest BCUT2D eigenvalue weighted by Gasteiger charge is 2.32. The summed E-state index contributed by atoms with van der Waals surface area (Å²) in [4.78, 5) is 115. The number of nitrogens with zero attached hydrogens (tertiary/aromatic N) is 24. The fourth-order valence-electron chi connectivity index (χ4n) is 17.4. The Morgan fingerprint density at radius 3 is 1.01 bits per heavy atom. The van der Waals surface area contributed by atoms with Crippen molar-refractivity contribution >= 4 is 53.4 Å². The third-order valence-electron chi connectivity index (χ3n) is 25.1. The average Bonchev–Trinajstić information content (AvgIpc) is 1.66. The molecule has 20 rings (SSSR count). The summed E-state index contributed by atoms with van der Waals surface area (Å²) in [5.41, 5.74) is 11.6. The molecule has 15 aromatic rings. The third-order valence-corrected chi connectivity index (χ3v) is 25.1. The van der Waals surface area contributed by atoms with Gasteiger partial charge in [-0.1, -0.05) is 86.0 Å². The summed E-state index contributed by atoms with van der Waals surface area (Å²) >= 11 is 0. The van der Waals surface area contributed by atoms with E-state index in [1.165, 1.54) is 55.3 Å². The third kappa shape index (κ3) is 23.6. The molecule has 4 saturated heterocycles. The number of methoxy groups -OCH3 is 3. The van der Waals surface area contributed by atoms with Crippen LogP contribution < -0.4 is 29.1 Å². The van der Waals surface area contributed by atoms with E-state index in [4.69, 9.17) is 29.5 Å². The molecule has 1 aliphatic carbocycles. The van der Waals surface area contributed by atoms with Crippen LogP contribution >= 0.6 is 0 Å². The molecule has 4 amide bonds. The molecule has 0 atom stereocenters. The molecule has 0 unspecified atom stereocenters. The number of hydrogen-bond donors (Lipinski definition) is 0. The van der Waals surface area contributed by atoms with E-state index in [1.54, 1.807) is 169 Å². The molecule has 1 saturated carbocycles. The van der Waals surface area contributed by atoms with Gasteiger partial charge < -0.3 is 53.4 Å². The summed E-state index contributed by atoms with van der Waals surface area (Å²) in [5, 5.41) is 19.0. The standard InChI is InChI=1S/C27H28N6O3.C27H26N6O3.C25H22F2N6O.C25H29FN6O/c1-35-22-8-4-20(5-9-22)24-18-25(21-6-10-23(36-2)11-7-21)33(30-24)19-26(34)31-14-16-32(17-15-31)27-28-12-3-13-29-27;1-36-26(35)22-10-8-20(9-11-22)23-18-24(21-6-3-2-4-7-21)33(30-23)19-25(34)31-14-16-32(17-15-31)27-28-12-5-13-29-27;26-20-8-3-1-6-18(20)22-16-23(19-7-2-4-9-21(19)27)33(30-22)17-24(34)31-12-14-32(15-13-31)25-28-10-5-11-29-25;26-21-9-7-20(8-10-21)23-17-22(19-5-2-1-3-6-19)29-32(23)18-24(33)30-13-15-31(16-14-30)25-27-11-4-12-28-25/h3-13,18H,14-17,19H2,1-2H3;2-13,18H,14-17,19H2,1H3;1-11,16H,12-15,17H2;4,7-12,17,19H,1-3,5-6,13-16,18H2. The number of benzene rings is 7. The van der Waals surface area contributed by atoms with Crippen LogP contribution in [0.25, 0.3) is 78.8 Å². The summed E-state index contributed by atoms with van der Waals surface area (Å²) in [5.74, 6) is 3.13. The fourth-order valence-corrected chi connectivity index (χ4v) is 17.4. The molecule has 4 aliphatic heterocycles. The summed E-state index contributed by atoms with van der Waals surface area (Å²) in [7, 11) is 4.64. The van der Waals surface area contributed by atoms with Gasteiger partial charge in [0.25, 0.3) is 0 Å². The second-order valence-corrected chi connectivity index (χ2v) is 33.7. The summed E-state index contributed by atoms with van der Waals surface area (Å²) in [6.45, 7) is 10.4. The van der Waals surface area contributed by atoms with Gasteiger partial charge in [-0.25, -0.2) is 57.8 Å².